The van der Waals surface area contributed by atoms with Crippen molar-refractivity contribution in [3.63, 3.8) is 0 Å². The molecule has 7 nitrogen and oxygen atoms in total. The van der Waals surface area contributed by atoms with Crippen LogP contribution in [0.2, 0.25) is 0 Å². The van der Waals surface area contributed by atoms with Gasteiger partial charge in [0.1, 0.15) is 0 Å². The molecular weight excluding hydrogens is 284 g/mol. The van der Waals surface area contributed by atoms with Crippen molar-refractivity contribution in [1.29, 1.82) is 0 Å². The quantitative estimate of drug-likeness (QED) is 0.607. The Hall–Kier alpha value is -1.51. The molecule has 0 bridgehead atoms. The Morgan fingerprint density at radius 3 is 2.35 bits per heavy atom. The second-order valence-electron chi connectivity index (χ2n) is 4.57. The number of aliphatic hydroxyl groups is 1. The molecule has 0 fully saturated rings. The van der Waals surface area contributed by atoms with Crippen LogP contribution in [0.1, 0.15) is 24.5 Å². The smallest absolute Gasteiger partial charge is 0.289 e. The molecule has 0 saturated carbocycles. The first-order valence-corrected chi connectivity index (χ1v) is 7.60. The van der Waals surface area contributed by atoms with Crippen molar-refractivity contribution in [2.75, 3.05) is 6.61 Å². The summed E-state index contributed by atoms with van der Waals surface area (Å²) in [5, 5.41) is 20.1. The molecule has 1 aromatic carbocycles. The lowest BCUT2D eigenvalue weighted by molar-refractivity contribution is -0.387. The third-order valence-corrected chi connectivity index (χ3v) is 4.65. The summed E-state index contributed by atoms with van der Waals surface area (Å²) in [6.07, 6.45) is 0.383. The molecule has 0 aliphatic carbocycles. The van der Waals surface area contributed by atoms with E-state index in [1.54, 1.807) is 20.8 Å². The van der Waals surface area contributed by atoms with Gasteiger partial charge < -0.3 is 5.11 Å². The van der Waals surface area contributed by atoms with Crippen molar-refractivity contribution in [2.45, 2.75) is 38.1 Å². The molecule has 8 heteroatoms. The van der Waals surface area contributed by atoms with Crippen molar-refractivity contribution in [1.82, 2.24) is 4.72 Å². The SMILES string of the molecule is CC[C@@H](CO)NS(=O)(=O)c1cc(C)c(C)cc1[N+](=O)[O-]. The first-order chi connectivity index (χ1) is 9.22. The van der Waals surface area contributed by atoms with E-state index < -0.39 is 26.7 Å². The largest absolute Gasteiger partial charge is 0.395 e. The van der Waals surface area contributed by atoms with Crippen molar-refractivity contribution in [3.8, 4) is 0 Å². The number of nitro benzene ring substituents is 1. The van der Waals surface area contributed by atoms with E-state index in [0.717, 1.165) is 0 Å². The number of hydrogen-bond acceptors (Lipinski definition) is 5. The van der Waals surface area contributed by atoms with E-state index in [4.69, 9.17) is 5.11 Å². The van der Waals surface area contributed by atoms with E-state index in [2.05, 4.69) is 4.72 Å². The molecule has 1 rings (SSSR count). The van der Waals surface area contributed by atoms with Gasteiger partial charge in [0, 0.05) is 12.1 Å². The van der Waals surface area contributed by atoms with Crippen LogP contribution in [0.4, 0.5) is 5.69 Å². The molecule has 0 radical (unpaired) electrons. The lowest BCUT2D eigenvalue weighted by Gasteiger charge is -2.15. The van der Waals surface area contributed by atoms with Gasteiger partial charge in [0.15, 0.2) is 4.90 Å². The minimum absolute atomic E-state index is 0.367. The number of nitrogens with zero attached hydrogens (tertiary/aromatic N) is 1. The predicted octanol–water partition coefficient (Wildman–Crippen LogP) is 1.26. The number of hydrogen-bond donors (Lipinski definition) is 2. The molecule has 0 amide bonds. The number of rotatable bonds is 6. The predicted molar refractivity (Wildman–Crippen MR) is 74.1 cm³/mol. The minimum atomic E-state index is -4.05. The van der Waals surface area contributed by atoms with Gasteiger partial charge in [-0.25, -0.2) is 13.1 Å². The van der Waals surface area contributed by atoms with Crippen LogP contribution in [0.5, 0.6) is 0 Å². The van der Waals surface area contributed by atoms with Crippen LogP contribution in [-0.4, -0.2) is 31.1 Å². The van der Waals surface area contributed by atoms with E-state index in [1.165, 1.54) is 12.1 Å². The second kappa shape index (κ2) is 6.29. The van der Waals surface area contributed by atoms with Crippen LogP contribution >= 0.6 is 0 Å². The van der Waals surface area contributed by atoms with E-state index in [9.17, 15) is 18.5 Å². The fourth-order valence-corrected chi connectivity index (χ4v) is 3.21. The maximum atomic E-state index is 12.2. The molecule has 0 unspecified atom stereocenters. The van der Waals surface area contributed by atoms with Crippen molar-refractivity contribution >= 4 is 15.7 Å². The molecule has 20 heavy (non-hydrogen) atoms. The fourth-order valence-electron chi connectivity index (χ4n) is 1.66. The van der Waals surface area contributed by atoms with Crippen LogP contribution in [0.15, 0.2) is 17.0 Å². The standard InChI is InChI=1S/C12H18N2O5S/c1-4-10(7-15)13-20(18,19)12-6-9(3)8(2)5-11(12)14(16)17/h5-6,10,13,15H,4,7H2,1-3H3/t10-/m0/s1. The molecule has 0 heterocycles. The Kier molecular flexibility index (Phi) is 5.21. The lowest BCUT2D eigenvalue weighted by atomic mass is 10.1. The van der Waals surface area contributed by atoms with Crippen molar-refractivity contribution < 1.29 is 18.4 Å². The van der Waals surface area contributed by atoms with E-state index in [0.29, 0.717) is 17.5 Å². The van der Waals surface area contributed by atoms with Gasteiger partial charge in [-0.3, -0.25) is 10.1 Å². The molecule has 0 aliphatic rings. The Bertz CT molecular complexity index is 609. The van der Waals surface area contributed by atoms with Gasteiger partial charge in [-0.05, 0) is 37.5 Å². The van der Waals surface area contributed by atoms with Crippen LogP contribution in [0, 0.1) is 24.0 Å². The molecule has 0 spiro atoms. The summed E-state index contributed by atoms with van der Waals surface area (Å²) in [4.78, 5) is 9.92. The number of nitrogens with one attached hydrogen (secondary N) is 1. The van der Waals surface area contributed by atoms with Crippen molar-refractivity contribution in [2.24, 2.45) is 0 Å². The Labute approximate surface area is 117 Å². The number of aliphatic hydroxyl groups excluding tert-OH is 1. The third-order valence-electron chi connectivity index (χ3n) is 3.10. The zero-order valence-corrected chi connectivity index (χ0v) is 12.4. The summed E-state index contributed by atoms with van der Waals surface area (Å²) < 4.78 is 26.7. The third kappa shape index (κ3) is 3.53. The average Bonchev–Trinajstić information content (AvgIpc) is 2.38. The highest BCUT2D eigenvalue weighted by Gasteiger charge is 2.28. The minimum Gasteiger partial charge on any atom is -0.395 e. The Morgan fingerprint density at radius 1 is 1.35 bits per heavy atom. The molecule has 0 aromatic heterocycles. The molecule has 112 valence electrons. The maximum absolute atomic E-state index is 12.2. The highest BCUT2D eigenvalue weighted by Crippen LogP contribution is 2.27. The zero-order valence-electron chi connectivity index (χ0n) is 11.6. The normalized spacial score (nSPS) is 13.2. The van der Waals surface area contributed by atoms with E-state index >= 15 is 0 Å². The highest BCUT2D eigenvalue weighted by molar-refractivity contribution is 7.89. The Morgan fingerprint density at radius 2 is 1.90 bits per heavy atom. The summed E-state index contributed by atoms with van der Waals surface area (Å²) in [6, 6.07) is 1.85. The number of nitro groups is 1. The number of benzene rings is 1. The van der Waals surface area contributed by atoms with Crippen LogP contribution in [0.3, 0.4) is 0 Å². The first-order valence-electron chi connectivity index (χ1n) is 6.11. The summed E-state index contributed by atoms with van der Waals surface area (Å²) in [5.74, 6) is 0. The average molecular weight is 302 g/mol. The molecule has 1 atom stereocenters. The van der Waals surface area contributed by atoms with Gasteiger partial charge in [-0.1, -0.05) is 6.92 Å². The summed E-state index contributed by atoms with van der Waals surface area (Å²) >= 11 is 0. The van der Waals surface area contributed by atoms with Crippen molar-refractivity contribution in [3.05, 3.63) is 33.4 Å². The van der Waals surface area contributed by atoms with Gasteiger partial charge >= 0.3 is 0 Å². The summed E-state index contributed by atoms with van der Waals surface area (Å²) in [5.41, 5.74) is 0.825. The first kappa shape index (κ1) is 16.5. The van der Waals surface area contributed by atoms with Gasteiger partial charge in [0.05, 0.1) is 11.5 Å². The van der Waals surface area contributed by atoms with Gasteiger partial charge in [-0.15, -0.1) is 0 Å². The highest BCUT2D eigenvalue weighted by atomic mass is 32.2. The molecule has 0 saturated heterocycles. The second-order valence-corrected chi connectivity index (χ2v) is 6.25. The molecule has 0 aliphatic heterocycles. The maximum Gasteiger partial charge on any atom is 0.289 e. The number of aryl methyl sites for hydroxylation is 2. The molecular formula is C12H18N2O5S. The van der Waals surface area contributed by atoms with Crippen LogP contribution < -0.4 is 4.72 Å². The van der Waals surface area contributed by atoms with Gasteiger partial charge in [0.2, 0.25) is 10.0 Å². The van der Waals surface area contributed by atoms with Gasteiger partial charge in [0.25, 0.3) is 5.69 Å². The fraction of sp³-hybridized carbons (Fsp3) is 0.500. The Balaban J connectivity index is 3.37. The lowest BCUT2D eigenvalue weighted by Crippen LogP contribution is -2.37. The molecule has 1 aromatic rings. The zero-order chi connectivity index (χ0) is 15.5. The topological polar surface area (TPSA) is 110 Å². The number of sulfonamides is 1. The van der Waals surface area contributed by atoms with Crippen LogP contribution in [0.25, 0.3) is 0 Å². The monoisotopic (exact) mass is 302 g/mol. The van der Waals surface area contributed by atoms with E-state index in [-0.39, 0.29) is 11.5 Å². The summed E-state index contributed by atoms with van der Waals surface area (Å²) in [7, 11) is -4.05. The molecule has 2 N–H and O–H groups in total. The van der Waals surface area contributed by atoms with Crippen LogP contribution in [-0.2, 0) is 10.0 Å². The van der Waals surface area contributed by atoms with Gasteiger partial charge in [-0.2, -0.15) is 0 Å². The van der Waals surface area contributed by atoms with E-state index in [1.807, 2.05) is 0 Å². The summed E-state index contributed by atoms with van der Waals surface area (Å²) in [6.45, 7) is 4.70.